The van der Waals surface area contributed by atoms with Crippen molar-refractivity contribution in [3.05, 3.63) is 48.0 Å². The van der Waals surface area contributed by atoms with Gasteiger partial charge >= 0.3 is 0 Å². The molecule has 1 N–H and O–H groups in total. The van der Waals surface area contributed by atoms with E-state index >= 15 is 0 Å². The Morgan fingerprint density at radius 1 is 1.18 bits per heavy atom. The van der Waals surface area contributed by atoms with Gasteiger partial charge in [0.05, 0.1) is 16.2 Å². The molecule has 176 valence electrons. The van der Waals surface area contributed by atoms with Crippen LogP contribution in [0.5, 0.6) is 0 Å². The van der Waals surface area contributed by atoms with Crippen LogP contribution in [0.3, 0.4) is 0 Å². The molecule has 0 radical (unpaired) electrons. The van der Waals surface area contributed by atoms with Crippen molar-refractivity contribution >= 4 is 45.0 Å². The Morgan fingerprint density at radius 2 is 1.94 bits per heavy atom. The van der Waals surface area contributed by atoms with Gasteiger partial charge in [-0.1, -0.05) is 6.07 Å². The van der Waals surface area contributed by atoms with Crippen molar-refractivity contribution in [1.29, 1.82) is 0 Å². The summed E-state index contributed by atoms with van der Waals surface area (Å²) in [4.78, 5) is 28.3. The van der Waals surface area contributed by atoms with Crippen LogP contribution in [0.25, 0.3) is 0 Å². The Bertz CT molecular complexity index is 1210. The van der Waals surface area contributed by atoms with Gasteiger partial charge in [0.15, 0.2) is 0 Å². The van der Waals surface area contributed by atoms with E-state index in [0.717, 1.165) is 10.6 Å². The number of rotatable bonds is 5. The molecule has 1 saturated heterocycles. The molecule has 2 aliphatic rings. The SMILES string of the molecule is CSc1cccc(NC(=O)C2CCCN(S(=O)(=O)c3ccc4c(c3)C(C)(C)C(=O)N4C)C2)c1. The Labute approximate surface area is 199 Å². The number of thioether (sulfide) groups is 1. The number of nitrogens with zero attached hydrogens (tertiary/aromatic N) is 2. The fourth-order valence-corrected chi connectivity index (χ4v) is 6.59. The quantitative estimate of drug-likeness (QED) is 0.650. The van der Waals surface area contributed by atoms with Gasteiger partial charge < -0.3 is 10.2 Å². The molecule has 0 aromatic heterocycles. The third kappa shape index (κ3) is 4.29. The zero-order valence-electron chi connectivity index (χ0n) is 19.3. The minimum atomic E-state index is -3.80. The van der Waals surface area contributed by atoms with Crippen molar-refractivity contribution in [3.8, 4) is 0 Å². The number of carbonyl (C=O) groups excluding carboxylic acids is 2. The Hall–Kier alpha value is -2.36. The van der Waals surface area contributed by atoms with E-state index in [1.54, 1.807) is 55.8 Å². The summed E-state index contributed by atoms with van der Waals surface area (Å²) in [5.74, 6) is -0.659. The molecule has 0 aliphatic carbocycles. The number of likely N-dealkylation sites (N-methyl/N-ethyl adjacent to an activating group) is 1. The lowest BCUT2D eigenvalue weighted by Gasteiger charge is -2.31. The number of hydrogen-bond donors (Lipinski definition) is 1. The highest BCUT2D eigenvalue weighted by molar-refractivity contribution is 7.98. The maximum absolute atomic E-state index is 13.5. The standard InChI is InChI=1S/C24H29N3O4S2/c1-24(2)20-14-19(10-11-21(20)26(3)23(24)29)33(30,31)27-12-6-7-16(15-27)22(28)25-17-8-5-9-18(13-17)32-4/h5,8-11,13-14,16H,6-7,12,15H2,1-4H3,(H,25,28). The molecule has 9 heteroatoms. The minimum Gasteiger partial charge on any atom is -0.326 e. The van der Waals surface area contributed by atoms with Crippen LogP contribution in [-0.4, -0.2) is 50.9 Å². The summed E-state index contributed by atoms with van der Waals surface area (Å²) in [5, 5.41) is 2.94. The number of carbonyl (C=O) groups is 2. The van der Waals surface area contributed by atoms with Gasteiger partial charge in [-0.05, 0) is 74.9 Å². The Balaban J connectivity index is 1.54. The van der Waals surface area contributed by atoms with E-state index in [1.807, 2.05) is 30.5 Å². The Kier molecular flexibility index (Phi) is 6.32. The summed E-state index contributed by atoms with van der Waals surface area (Å²) >= 11 is 1.59. The van der Waals surface area contributed by atoms with Crippen LogP contribution in [0.2, 0.25) is 0 Å². The van der Waals surface area contributed by atoms with Crippen LogP contribution in [0.1, 0.15) is 32.3 Å². The Morgan fingerprint density at radius 3 is 2.67 bits per heavy atom. The highest BCUT2D eigenvalue weighted by atomic mass is 32.2. The molecular weight excluding hydrogens is 458 g/mol. The lowest BCUT2D eigenvalue weighted by molar-refractivity contribution is -0.122. The summed E-state index contributed by atoms with van der Waals surface area (Å²) in [6, 6.07) is 12.5. The largest absolute Gasteiger partial charge is 0.326 e. The van der Waals surface area contributed by atoms with Crippen molar-refractivity contribution in [2.24, 2.45) is 5.92 Å². The van der Waals surface area contributed by atoms with Gasteiger partial charge in [0.2, 0.25) is 21.8 Å². The number of anilines is 2. The summed E-state index contributed by atoms with van der Waals surface area (Å²) in [6.07, 6.45) is 3.22. The zero-order valence-corrected chi connectivity index (χ0v) is 20.9. The lowest BCUT2D eigenvalue weighted by atomic mass is 9.86. The average molecular weight is 488 g/mol. The molecule has 2 amide bonds. The van der Waals surface area contributed by atoms with E-state index in [2.05, 4.69) is 5.32 Å². The van der Waals surface area contributed by atoms with E-state index in [-0.39, 0.29) is 23.3 Å². The molecule has 7 nitrogen and oxygen atoms in total. The number of amides is 2. The topological polar surface area (TPSA) is 86.8 Å². The number of hydrogen-bond acceptors (Lipinski definition) is 5. The van der Waals surface area contributed by atoms with Gasteiger partial charge in [0.25, 0.3) is 0 Å². The summed E-state index contributed by atoms with van der Waals surface area (Å²) < 4.78 is 28.3. The smallest absolute Gasteiger partial charge is 0.243 e. The molecule has 0 saturated carbocycles. The summed E-state index contributed by atoms with van der Waals surface area (Å²) in [5.41, 5.74) is 1.36. The van der Waals surface area contributed by atoms with Gasteiger partial charge in [0.1, 0.15) is 0 Å². The van der Waals surface area contributed by atoms with Crippen LogP contribution < -0.4 is 10.2 Å². The van der Waals surface area contributed by atoms with Crippen molar-refractivity contribution in [1.82, 2.24) is 4.31 Å². The van der Waals surface area contributed by atoms with E-state index in [9.17, 15) is 18.0 Å². The van der Waals surface area contributed by atoms with Crippen molar-refractivity contribution in [2.45, 2.75) is 41.9 Å². The second kappa shape index (κ2) is 8.77. The monoisotopic (exact) mass is 487 g/mol. The minimum absolute atomic E-state index is 0.0627. The molecule has 0 spiro atoms. The van der Waals surface area contributed by atoms with Gasteiger partial charge in [-0.15, -0.1) is 11.8 Å². The number of fused-ring (bicyclic) bond motifs is 1. The highest BCUT2D eigenvalue weighted by Gasteiger charge is 2.43. The second-order valence-electron chi connectivity index (χ2n) is 9.09. The van der Waals surface area contributed by atoms with Gasteiger partial charge in [-0.3, -0.25) is 9.59 Å². The molecular formula is C24H29N3O4S2. The molecule has 33 heavy (non-hydrogen) atoms. The number of sulfonamides is 1. The first-order valence-corrected chi connectivity index (χ1v) is 13.6. The average Bonchev–Trinajstić information content (AvgIpc) is 2.99. The number of piperidine rings is 1. The first kappa shape index (κ1) is 23.8. The van der Waals surface area contributed by atoms with Crippen molar-refractivity contribution in [2.75, 3.05) is 36.6 Å². The molecule has 2 aromatic carbocycles. The lowest BCUT2D eigenvalue weighted by Crippen LogP contribution is -2.43. The number of benzene rings is 2. The molecule has 2 aliphatic heterocycles. The highest BCUT2D eigenvalue weighted by Crippen LogP contribution is 2.42. The molecule has 1 atom stereocenters. The zero-order chi connectivity index (χ0) is 24.0. The molecule has 1 unspecified atom stereocenters. The third-order valence-corrected chi connectivity index (χ3v) is 9.16. The molecule has 1 fully saturated rings. The predicted octanol–water partition coefficient (Wildman–Crippen LogP) is 3.70. The van der Waals surface area contributed by atoms with Crippen LogP contribution in [0.15, 0.2) is 52.3 Å². The molecule has 0 bridgehead atoms. The van der Waals surface area contributed by atoms with E-state index in [4.69, 9.17) is 0 Å². The van der Waals surface area contributed by atoms with Crippen LogP contribution in [0.4, 0.5) is 11.4 Å². The summed E-state index contributed by atoms with van der Waals surface area (Å²) in [6.45, 7) is 4.12. The van der Waals surface area contributed by atoms with E-state index < -0.39 is 21.4 Å². The summed E-state index contributed by atoms with van der Waals surface area (Å²) in [7, 11) is -2.10. The van der Waals surface area contributed by atoms with Gasteiger partial charge in [-0.2, -0.15) is 4.31 Å². The molecule has 4 rings (SSSR count). The van der Waals surface area contributed by atoms with Crippen molar-refractivity contribution in [3.63, 3.8) is 0 Å². The first-order chi connectivity index (χ1) is 15.6. The van der Waals surface area contributed by atoms with Crippen molar-refractivity contribution < 1.29 is 18.0 Å². The first-order valence-electron chi connectivity index (χ1n) is 10.9. The van der Waals surface area contributed by atoms with Gasteiger partial charge in [-0.25, -0.2) is 8.42 Å². The molecule has 2 heterocycles. The van der Waals surface area contributed by atoms with E-state index in [0.29, 0.717) is 30.6 Å². The van der Waals surface area contributed by atoms with Crippen LogP contribution >= 0.6 is 11.8 Å². The predicted molar refractivity (Wildman–Crippen MR) is 131 cm³/mol. The third-order valence-electron chi connectivity index (χ3n) is 6.57. The fraction of sp³-hybridized carbons (Fsp3) is 0.417. The van der Waals surface area contributed by atoms with Gasteiger partial charge in [0, 0.05) is 36.4 Å². The second-order valence-corrected chi connectivity index (χ2v) is 11.9. The molecule has 2 aromatic rings. The fourth-order valence-electron chi connectivity index (χ4n) is 4.58. The van der Waals surface area contributed by atoms with E-state index in [1.165, 1.54) is 4.31 Å². The maximum atomic E-state index is 13.5. The number of nitrogens with one attached hydrogen (secondary N) is 1. The van der Waals surface area contributed by atoms with Crippen LogP contribution in [-0.2, 0) is 25.0 Å². The normalized spacial score (nSPS) is 20.5. The maximum Gasteiger partial charge on any atom is 0.243 e. The van der Waals surface area contributed by atoms with Crippen LogP contribution in [0, 0.1) is 5.92 Å².